The number of hydrogen-bond donors (Lipinski definition) is 2. The molecule has 118 valence electrons. The highest BCUT2D eigenvalue weighted by Crippen LogP contribution is 2.21. The minimum atomic E-state index is -0.376. The summed E-state index contributed by atoms with van der Waals surface area (Å²) in [5.74, 6) is -0.376. The molecule has 0 bridgehead atoms. The zero-order valence-corrected chi connectivity index (χ0v) is 12.6. The molecule has 0 saturated heterocycles. The number of nitrogens with zero attached hydrogens (tertiary/aromatic N) is 2. The molecule has 1 aromatic carbocycles. The average Bonchev–Trinajstić information content (AvgIpc) is 2.95. The SMILES string of the molecule is COCCn1ccc2cc(NC(=O)c3ccc(=O)[nH]n3)ccc21. The Balaban J connectivity index is 1.79. The number of rotatable bonds is 5. The first-order valence-corrected chi connectivity index (χ1v) is 7.12. The molecule has 3 aromatic rings. The van der Waals surface area contributed by atoms with Crippen LogP contribution in [0.5, 0.6) is 0 Å². The summed E-state index contributed by atoms with van der Waals surface area (Å²) in [5.41, 5.74) is 1.55. The van der Waals surface area contributed by atoms with Crippen LogP contribution in [0.15, 0.2) is 47.4 Å². The number of fused-ring (bicyclic) bond motifs is 1. The van der Waals surface area contributed by atoms with Gasteiger partial charge in [-0.1, -0.05) is 0 Å². The van der Waals surface area contributed by atoms with Gasteiger partial charge in [0.1, 0.15) is 5.69 Å². The van der Waals surface area contributed by atoms with Crippen LogP contribution in [0.25, 0.3) is 10.9 Å². The van der Waals surface area contributed by atoms with Crippen molar-refractivity contribution in [3.05, 3.63) is 58.6 Å². The maximum absolute atomic E-state index is 12.1. The molecule has 7 nitrogen and oxygen atoms in total. The fraction of sp³-hybridized carbons (Fsp3) is 0.188. The molecule has 0 aliphatic heterocycles. The van der Waals surface area contributed by atoms with Crippen LogP contribution < -0.4 is 10.9 Å². The fourth-order valence-electron chi connectivity index (χ4n) is 2.33. The molecule has 0 aliphatic carbocycles. The zero-order chi connectivity index (χ0) is 16.2. The van der Waals surface area contributed by atoms with Crippen LogP contribution in [0, 0.1) is 0 Å². The highest BCUT2D eigenvalue weighted by atomic mass is 16.5. The van der Waals surface area contributed by atoms with Crippen molar-refractivity contribution in [3.8, 4) is 0 Å². The van der Waals surface area contributed by atoms with Gasteiger partial charge in [0.05, 0.1) is 6.61 Å². The number of nitrogens with one attached hydrogen (secondary N) is 2. The van der Waals surface area contributed by atoms with Crippen molar-refractivity contribution in [2.24, 2.45) is 0 Å². The van der Waals surface area contributed by atoms with E-state index >= 15 is 0 Å². The first-order chi connectivity index (χ1) is 11.2. The lowest BCUT2D eigenvalue weighted by molar-refractivity contribution is 0.102. The summed E-state index contributed by atoms with van der Waals surface area (Å²) in [6.45, 7) is 1.41. The molecular formula is C16H16N4O3. The summed E-state index contributed by atoms with van der Waals surface area (Å²) in [7, 11) is 1.67. The molecular weight excluding hydrogens is 296 g/mol. The maximum Gasteiger partial charge on any atom is 0.276 e. The predicted octanol–water partition coefficient (Wildman–Crippen LogP) is 1.62. The summed E-state index contributed by atoms with van der Waals surface area (Å²) in [6.07, 6.45) is 1.98. The monoisotopic (exact) mass is 312 g/mol. The first kappa shape index (κ1) is 15.0. The molecule has 3 rings (SSSR count). The number of amides is 1. The van der Waals surface area contributed by atoms with Crippen molar-refractivity contribution < 1.29 is 9.53 Å². The van der Waals surface area contributed by atoms with E-state index in [1.54, 1.807) is 7.11 Å². The quantitative estimate of drug-likeness (QED) is 0.749. The Morgan fingerprint density at radius 1 is 1.30 bits per heavy atom. The Hall–Kier alpha value is -2.93. The van der Waals surface area contributed by atoms with Crippen LogP contribution in [0.2, 0.25) is 0 Å². The highest BCUT2D eigenvalue weighted by Gasteiger charge is 2.09. The van der Waals surface area contributed by atoms with Gasteiger partial charge in [-0.05, 0) is 30.3 Å². The Morgan fingerprint density at radius 3 is 2.91 bits per heavy atom. The molecule has 1 amide bonds. The van der Waals surface area contributed by atoms with Gasteiger partial charge in [-0.25, -0.2) is 5.10 Å². The van der Waals surface area contributed by atoms with Crippen molar-refractivity contribution in [2.45, 2.75) is 6.54 Å². The van der Waals surface area contributed by atoms with Gasteiger partial charge < -0.3 is 14.6 Å². The topological polar surface area (TPSA) is 89.0 Å². The lowest BCUT2D eigenvalue weighted by Gasteiger charge is -2.07. The molecule has 2 heterocycles. The van der Waals surface area contributed by atoms with E-state index in [0.717, 1.165) is 17.4 Å². The Labute approximate surface area is 131 Å². The van der Waals surface area contributed by atoms with E-state index in [1.165, 1.54) is 12.1 Å². The summed E-state index contributed by atoms with van der Waals surface area (Å²) in [4.78, 5) is 23.1. The average molecular weight is 312 g/mol. The normalized spacial score (nSPS) is 10.8. The number of carbonyl (C=O) groups excluding carboxylic acids is 1. The largest absolute Gasteiger partial charge is 0.383 e. The van der Waals surface area contributed by atoms with E-state index in [1.807, 2.05) is 30.5 Å². The third kappa shape index (κ3) is 3.29. The molecule has 0 radical (unpaired) electrons. The van der Waals surface area contributed by atoms with Crippen molar-refractivity contribution >= 4 is 22.5 Å². The second kappa shape index (κ2) is 6.45. The van der Waals surface area contributed by atoms with E-state index in [4.69, 9.17) is 4.74 Å². The van der Waals surface area contributed by atoms with Crippen molar-refractivity contribution in [1.29, 1.82) is 0 Å². The number of H-pyrrole nitrogens is 1. The number of hydrogen-bond acceptors (Lipinski definition) is 4. The standard InChI is InChI=1S/C16H16N4O3/c1-23-9-8-20-7-6-11-10-12(2-4-14(11)20)17-16(22)13-3-5-15(21)19-18-13/h2-7,10H,8-9H2,1H3,(H,17,22)(H,19,21). The number of benzene rings is 1. The molecule has 0 atom stereocenters. The number of carbonyl (C=O) groups is 1. The molecule has 2 aromatic heterocycles. The number of aromatic nitrogens is 3. The molecule has 7 heteroatoms. The smallest absolute Gasteiger partial charge is 0.276 e. The van der Waals surface area contributed by atoms with Crippen LogP contribution >= 0.6 is 0 Å². The number of anilines is 1. The second-order valence-corrected chi connectivity index (χ2v) is 5.04. The highest BCUT2D eigenvalue weighted by molar-refractivity contribution is 6.03. The number of aromatic amines is 1. The Kier molecular flexibility index (Phi) is 4.20. The van der Waals surface area contributed by atoms with Crippen LogP contribution in [0.3, 0.4) is 0 Å². The second-order valence-electron chi connectivity index (χ2n) is 5.04. The van der Waals surface area contributed by atoms with Crippen molar-refractivity contribution in [3.63, 3.8) is 0 Å². The van der Waals surface area contributed by atoms with Gasteiger partial charge in [-0.15, -0.1) is 0 Å². The Bertz CT molecular complexity index is 877. The molecule has 0 spiro atoms. The number of methoxy groups -OCH3 is 1. The van der Waals surface area contributed by atoms with Crippen LogP contribution in [-0.2, 0) is 11.3 Å². The van der Waals surface area contributed by atoms with E-state index in [0.29, 0.717) is 12.3 Å². The molecule has 0 fully saturated rings. The van der Waals surface area contributed by atoms with E-state index in [-0.39, 0.29) is 17.2 Å². The zero-order valence-electron chi connectivity index (χ0n) is 12.6. The summed E-state index contributed by atoms with van der Waals surface area (Å²) in [6, 6.07) is 10.3. The van der Waals surface area contributed by atoms with E-state index in [9.17, 15) is 9.59 Å². The van der Waals surface area contributed by atoms with Crippen molar-refractivity contribution in [2.75, 3.05) is 19.0 Å². The molecule has 23 heavy (non-hydrogen) atoms. The molecule has 0 aliphatic rings. The predicted molar refractivity (Wildman–Crippen MR) is 86.6 cm³/mol. The lowest BCUT2D eigenvalue weighted by Crippen LogP contribution is -2.17. The minimum absolute atomic E-state index is 0.155. The molecule has 2 N–H and O–H groups in total. The lowest BCUT2D eigenvalue weighted by atomic mass is 10.2. The van der Waals surface area contributed by atoms with Gasteiger partial charge in [0.15, 0.2) is 0 Å². The van der Waals surface area contributed by atoms with E-state index < -0.39 is 0 Å². The van der Waals surface area contributed by atoms with Gasteiger partial charge in [-0.3, -0.25) is 9.59 Å². The fourth-order valence-corrected chi connectivity index (χ4v) is 2.33. The Morgan fingerprint density at radius 2 is 2.17 bits per heavy atom. The van der Waals surface area contributed by atoms with Gasteiger partial charge in [0.25, 0.3) is 11.5 Å². The summed E-state index contributed by atoms with van der Waals surface area (Å²) < 4.78 is 7.18. The van der Waals surface area contributed by atoms with Gasteiger partial charge in [0, 0.05) is 42.5 Å². The van der Waals surface area contributed by atoms with Crippen molar-refractivity contribution in [1.82, 2.24) is 14.8 Å². The van der Waals surface area contributed by atoms with Gasteiger partial charge >= 0.3 is 0 Å². The van der Waals surface area contributed by atoms with E-state index in [2.05, 4.69) is 20.1 Å². The maximum atomic E-state index is 12.1. The summed E-state index contributed by atoms with van der Waals surface area (Å²) in [5, 5.41) is 9.73. The third-order valence-corrected chi connectivity index (χ3v) is 3.48. The third-order valence-electron chi connectivity index (χ3n) is 3.48. The summed E-state index contributed by atoms with van der Waals surface area (Å²) >= 11 is 0. The molecule has 0 saturated carbocycles. The molecule has 0 unspecified atom stereocenters. The van der Waals surface area contributed by atoms with Crippen LogP contribution in [0.1, 0.15) is 10.5 Å². The number of ether oxygens (including phenoxy) is 1. The van der Waals surface area contributed by atoms with Gasteiger partial charge in [-0.2, -0.15) is 5.10 Å². The first-order valence-electron chi connectivity index (χ1n) is 7.12. The van der Waals surface area contributed by atoms with Crippen LogP contribution in [-0.4, -0.2) is 34.4 Å². The van der Waals surface area contributed by atoms with Crippen LogP contribution in [0.4, 0.5) is 5.69 Å². The van der Waals surface area contributed by atoms with Gasteiger partial charge in [0.2, 0.25) is 0 Å². The minimum Gasteiger partial charge on any atom is -0.383 e.